The molecule has 6 nitrogen and oxygen atoms in total. The molecule has 0 bridgehead atoms. The van der Waals surface area contributed by atoms with E-state index in [0.29, 0.717) is 5.56 Å². The van der Waals surface area contributed by atoms with Crippen LogP contribution in [0.3, 0.4) is 0 Å². The lowest BCUT2D eigenvalue weighted by Crippen LogP contribution is -2.48. The Morgan fingerprint density at radius 1 is 1.59 bits per heavy atom. The molecule has 1 rings (SSSR count). The molecule has 1 atom stereocenters. The number of hydrogen-bond donors (Lipinski definition) is 2. The molecule has 1 aromatic rings. The van der Waals surface area contributed by atoms with Crippen LogP contribution < -0.4 is 5.32 Å². The smallest absolute Gasteiger partial charge is 0.328 e. The predicted molar refractivity (Wildman–Crippen MR) is 59.2 cm³/mol. The molecule has 2 N–H and O–H groups in total. The minimum atomic E-state index is -1.37. The number of nitrogens with one attached hydrogen (secondary N) is 1. The van der Waals surface area contributed by atoms with Gasteiger partial charge in [0, 0.05) is 18.0 Å². The summed E-state index contributed by atoms with van der Waals surface area (Å²) in [6.45, 7) is 1.28. The minimum absolute atomic E-state index is 0.186. The molecule has 6 heteroatoms. The minimum Gasteiger partial charge on any atom is -0.480 e. The largest absolute Gasteiger partial charge is 0.480 e. The third kappa shape index (κ3) is 3.01. The molecule has 0 saturated carbocycles. The molecule has 0 aliphatic rings. The first-order valence-electron chi connectivity index (χ1n) is 4.96. The van der Waals surface area contributed by atoms with Crippen LogP contribution >= 0.6 is 0 Å². The number of hydrogen-bond acceptors (Lipinski definition) is 5. The molecule has 0 spiro atoms. The van der Waals surface area contributed by atoms with Crippen LogP contribution in [0.4, 0.5) is 0 Å². The summed E-state index contributed by atoms with van der Waals surface area (Å²) in [5.74, 6) is -1.62. The van der Waals surface area contributed by atoms with Crippen molar-refractivity contribution in [3.8, 4) is 0 Å². The predicted octanol–water partition coefficient (Wildman–Crippen LogP) is 0.144. The van der Waals surface area contributed by atoms with E-state index in [2.05, 4.69) is 15.0 Å². The number of ether oxygens (including phenoxy) is 1. The van der Waals surface area contributed by atoms with Gasteiger partial charge in [-0.1, -0.05) is 6.07 Å². The number of rotatable bonds is 5. The fourth-order valence-electron chi connectivity index (χ4n) is 1.28. The number of esters is 1. The number of nitrogens with zero attached hydrogens (tertiary/aromatic N) is 1. The Labute approximate surface area is 98.6 Å². The Balaban J connectivity index is 2.91. The summed E-state index contributed by atoms with van der Waals surface area (Å²) in [5, 5.41) is 11.9. The van der Waals surface area contributed by atoms with Crippen molar-refractivity contribution in [1.29, 1.82) is 0 Å². The first kappa shape index (κ1) is 13.1. The highest BCUT2D eigenvalue weighted by molar-refractivity contribution is 5.81. The molecule has 1 aromatic heterocycles. The van der Waals surface area contributed by atoms with Crippen LogP contribution in [-0.4, -0.2) is 35.7 Å². The van der Waals surface area contributed by atoms with Crippen molar-refractivity contribution in [2.45, 2.75) is 12.5 Å². The second kappa shape index (κ2) is 5.40. The van der Waals surface area contributed by atoms with E-state index in [1.54, 1.807) is 18.3 Å². The van der Waals surface area contributed by atoms with Crippen molar-refractivity contribution in [2.75, 3.05) is 13.7 Å². The van der Waals surface area contributed by atoms with Crippen molar-refractivity contribution in [2.24, 2.45) is 0 Å². The number of carboxylic acid groups (broad SMARTS) is 1. The number of pyridine rings is 1. The molecule has 0 radical (unpaired) electrons. The van der Waals surface area contributed by atoms with E-state index in [0.717, 1.165) is 0 Å². The molecule has 0 aromatic carbocycles. The zero-order valence-corrected chi connectivity index (χ0v) is 9.64. The van der Waals surface area contributed by atoms with E-state index in [1.165, 1.54) is 20.2 Å². The van der Waals surface area contributed by atoms with E-state index in [4.69, 9.17) is 0 Å². The molecule has 0 saturated heterocycles. The Bertz CT molecular complexity index is 407. The van der Waals surface area contributed by atoms with Crippen LogP contribution in [0, 0.1) is 0 Å². The van der Waals surface area contributed by atoms with Gasteiger partial charge < -0.3 is 9.84 Å². The van der Waals surface area contributed by atoms with Gasteiger partial charge in [-0.3, -0.25) is 15.1 Å². The van der Waals surface area contributed by atoms with Crippen molar-refractivity contribution < 1.29 is 19.4 Å². The van der Waals surface area contributed by atoms with E-state index in [1.807, 2.05) is 0 Å². The first-order valence-corrected chi connectivity index (χ1v) is 4.96. The van der Waals surface area contributed by atoms with Crippen LogP contribution in [0.1, 0.15) is 12.5 Å². The highest BCUT2D eigenvalue weighted by atomic mass is 16.5. The quantitative estimate of drug-likeness (QED) is 0.709. The van der Waals surface area contributed by atoms with E-state index >= 15 is 0 Å². The molecule has 0 amide bonds. The van der Waals surface area contributed by atoms with Crippen LogP contribution in [-0.2, 0) is 19.9 Å². The maximum absolute atomic E-state index is 11.3. The average molecular weight is 238 g/mol. The zero-order chi connectivity index (χ0) is 12.9. The summed E-state index contributed by atoms with van der Waals surface area (Å²) in [7, 11) is 1.24. The third-order valence-corrected chi connectivity index (χ3v) is 2.48. The Morgan fingerprint density at radius 2 is 2.29 bits per heavy atom. The van der Waals surface area contributed by atoms with Crippen LogP contribution in [0.2, 0.25) is 0 Å². The lowest BCUT2D eigenvalue weighted by molar-refractivity contribution is -0.146. The number of aromatic nitrogens is 1. The van der Waals surface area contributed by atoms with Crippen molar-refractivity contribution >= 4 is 11.9 Å². The summed E-state index contributed by atoms with van der Waals surface area (Å²) in [6, 6.07) is 3.27. The van der Waals surface area contributed by atoms with Gasteiger partial charge in [0.25, 0.3) is 0 Å². The van der Waals surface area contributed by atoms with Crippen LogP contribution in [0.15, 0.2) is 24.5 Å². The Morgan fingerprint density at radius 3 is 2.76 bits per heavy atom. The van der Waals surface area contributed by atoms with Crippen LogP contribution in [0.5, 0.6) is 0 Å². The SMILES string of the molecule is COC(=O)CNC(C)(C(=O)O)c1cccnc1. The normalized spacial score (nSPS) is 13.8. The van der Waals surface area contributed by atoms with Gasteiger partial charge in [0.15, 0.2) is 0 Å². The molecule has 92 valence electrons. The van der Waals surface area contributed by atoms with Gasteiger partial charge in [-0.05, 0) is 13.0 Å². The summed E-state index contributed by atoms with van der Waals surface area (Å²) >= 11 is 0. The highest BCUT2D eigenvalue weighted by Gasteiger charge is 2.35. The van der Waals surface area contributed by atoms with Crippen molar-refractivity contribution in [3.05, 3.63) is 30.1 Å². The maximum Gasteiger partial charge on any atom is 0.328 e. The second-order valence-corrected chi connectivity index (χ2v) is 3.60. The van der Waals surface area contributed by atoms with Gasteiger partial charge in [0.1, 0.15) is 5.54 Å². The molecule has 17 heavy (non-hydrogen) atoms. The number of carboxylic acids is 1. The molecular weight excluding hydrogens is 224 g/mol. The molecule has 1 heterocycles. The molecule has 0 aliphatic heterocycles. The maximum atomic E-state index is 11.3. The number of carbonyl (C=O) groups excluding carboxylic acids is 1. The molecule has 1 unspecified atom stereocenters. The monoisotopic (exact) mass is 238 g/mol. The molecule has 0 aliphatic carbocycles. The average Bonchev–Trinajstić information content (AvgIpc) is 2.36. The fraction of sp³-hybridized carbons (Fsp3) is 0.364. The van der Waals surface area contributed by atoms with Gasteiger partial charge in [-0.15, -0.1) is 0 Å². The standard InChI is InChI=1S/C11H14N2O4/c1-11(10(15)16,13-7-9(14)17-2)8-4-3-5-12-6-8/h3-6,13H,7H2,1-2H3,(H,15,16). The van der Waals surface area contributed by atoms with E-state index in [-0.39, 0.29) is 6.54 Å². The number of carbonyl (C=O) groups is 2. The van der Waals surface area contributed by atoms with E-state index < -0.39 is 17.5 Å². The second-order valence-electron chi connectivity index (χ2n) is 3.60. The zero-order valence-electron chi connectivity index (χ0n) is 9.64. The number of aliphatic carboxylic acids is 1. The first-order chi connectivity index (χ1) is 8.00. The molecular formula is C11H14N2O4. The van der Waals surface area contributed by atoms with Gasteiger partial charge in [0.05, 0.1) is 13.7 Å². The summed E-state index contributed by atoms with van der Waals surface area (Å²) < 4.78 is 4.45. The third-order valence-electron chi connectivity index (χ3n) is 2.48. The van der Waals surface area contributed by atoms with Gasteiger partial charge >= 0.3 is 11.9 Å². The summed E-state index contributed by atoms with van der Waals surface area (Å²) in [6.07, 6.45) is 2.99. The van der Waals surface area contributed by atoms with Crippen molar-refractivity contribution in [3.63, 3.8) is 0 Å². The topological polar surface area (TPSA) is 88.5 Å². The fourth-order valence-corrected chi connectivity index (χ4v) is 1.28. The lowest BCUT2D eigenvalue weighted by Gasteiger charge is -2.25. The van der Waals surface area contributed by atoms with Gasteiger partial charge in [-0.25, -0.2) is 4.79 Å². The lowest BCUT2D eigenvalue weighted by atomic mass is 9.93. The highest BCUT2D eigenvalue weighted by Crippen LogP contribution is 2.19. The summed E-state index contributed by atoms with van der Waals surface area (Å²) in [4.78, 5) is 26.2. The van der Waals surface area contributed by atoms with Crippen molar-refractivity contribution in [1.82, 2.24) is 10.3 Å². The van der Waals surface area contributed by atoms with Crippen LogP contribution in [0.25, 0.3) is 0 Å². The Hall–Kier alpha value is -1.95. The van der Waals surface area contributed by atoms with E-state index in [9.17, 15) is 14.7 Å². The number of methoxy groups -OCH3 is 1. The Kier molecular flexibility index (Phi) is 4.17. The van der Waals surface area contributed by atoms with Gasteiger partial charge in [-0.2, -0.15) is 0 Å². The van der Waals surface area contributed by atoms with Gasteiger partial charge in [0.2, 0.25) is 0 Å². The summed E-state index contributed by atoms with van der Waals surface area (Å²) in [5.41, 5.74) is -0.904. The molecule has 0 fully saturated rings.